The van der Waals surface area contributed by atoms with Crippen LogP contribution in [0.4, 0.5) is 0 Å². The van der Waals surface area contributed by atoms with Gasteiger partial charge in [-0.1, -0.05) is 189 Å². The summed E-state index contributed by atoms with van der Waals surface area (Å²) in [6.07, 6.45) is 41.8. The van der Waals surface area contributed by atoms with Gasteiger partial charge < -0.3 is 65.1 Å². The predicted octanol–water partition coefficient (Wildman–Crippen LogP) is 8.94. The van der Waals surface area contributed by atoms with E-state index in [1.54, 1.807) is 6.08 Å². The fourth-order valence-corrected chi connectivity index (χ4v) is 8.74. The Morgan fingerprint density at radius 2 is 0.959 bits per heavy atom. The highest BCUT2D eigenvalue weighted by Gasteiger charge is 2.51. The first-order valence-electron chi connectivity index (χ1n) is 28.3. The van der Waals surface area contributed by atoms with Crippen LogP contribution in [0, 0.1) is 0 Å². The van der Waals surface area contributed by atoms with Gasteiger partial charge in [-0.15, -0.1) is 0 Å². The molecule has 2 heterocycles. The smallest absolute Gasteiger partial charge is 0.220 e. The van der Waals surface area contributed by atoms with E-state index in [-0.39, 0.29) is 18.9 Å². The van der Waals surface area contributed by atoms with Crippen molar-refractivity contribution in [3.8, 4) is 0 Å². The number of aliphatic hydroxyl groups is 8. The number of carbonyl (C=O) groups is 1. The molecule has 12 unspecified atom stereocenters. The molecule has 420 valence electrons. The van der Waals surface area contributed by atoms with Gasteiger partial charge in [-0.25, -0.2) is 0 Å². The molecule has 0 radical (unpaired) electrons. The first-order valence-corrected chi connectivity index (χ1v) is 28.3. The monoisotopic (exact) mass is 1030 g/mol. The summed E-state index contributed by atoms with van der Waals surface area (Å²) in [6, 6.07) is -0.947. The standard InChI is InChI=1S/C59H101NO13/c1-3-5-7-9-11-13-15-17-19-21-23-24-25-27-29-31-33-35-37-39-41-43-51(64)60-47(48(63)42-40-38-36-34-32-30-28-26-22-20-18-16-14-12-10-8-6-4-2)46-70-58-56(69)54(67)57(50(45-62)72-58)73-59-55(68)53(66)52(65)49(44-61)71-59/h5,7,11,13,17,19,23-24,27,29,32,34,40,42,47-50,52-59,61-63,65-69H,3-4,6,8-10,12,14-16,18,20-22,25-26,28,30-31,33,35-39,41,43-46H2,1-2H3,(H,60,64)/b7-5-,13-11-,19-17-,24-23-,29-27-,34-32+,42-40+. The molecule has 2 fully saturated rings. The maximum atomic E-state index is 13.2. The SMILES string of the molecule is CC/C=C\C/C=C\C/C=C\C/C=C\C/C=C\CCCCCCCC(=O)NC(COC1OC(CO)C(OC2OC(CO)C(O)C(O)C2O)C(O)C1O)C(O)/C=C/CC/C=C/CCCCCCCCCCCCCC. The third kappa shape index (κ3) is 30.5. The average molecular weight is 1030 g/mol. The number of amides is 1. The third-order valence-corrected chi connectivity index (χ3v) is 13.3. The van der Waals surface area contributed by atoms with E-state index >= 15 is 0 Å². The summed E-state index contributed by atoms with van der Waals surface area (Å²) in [4.78, 5) is 13.2. The fraction of sp³-hybridized carbons (Fsp3) is 0.746. The highest BCUT2D eigenvalue weighted by Crippen LogP contribution is 2.30. The number of unbranched alkanes of at least 4 members (excludes halogenated alkanes) is 18. The van der Waals surface area contributed by atoms with Crippen molar-refractivity contribution in [2.75, 3.05) is 19.8 Å². The first kappa shape index (κ1) is 66.3. The van der Waals surface area contributed by atoms with Crippen LogP contribution in [-0.2, 0) is 23.7 Å². The molecule has 12 atom stereocenters. The minimum absolute atomic E-state index is 0.247. The Morgan fingerprint density at radius 1 is 0.507 bits per heavy atom. The summed E-state index contributed by atoms with van der Waals surface area (Å²) >= 11 is 0. The summed E-state index contributed by atoms with van der Waals surface area (Å²) < 4.78 is 22.7. The van der Waals surface area contributed by atoms with Crippen LogP contribution in [0.15, 0.2) is 85.1 Å². The van der Waals surface area contributed by atoms with Gasteiger partial charge >= 0.3 is 0 Å². The first-order chi connectivity index (χ1) is 35.6. The van der Waals surface area contributed by atoms with Crippen molar-refractivity contribution in [1.82, 2.24) is 5.32 Å². The molecule has 0 aromatic heterocycles. The highest BCUT2D eigenvalue weighted by molar-refractivity contribution is 5.76. The number of ether oxygens (including phenoxy) is 4. The molecule has 0 spiro atoms. The lowest BCUT2D eigenvalue weighted by atomic mass is 9.97. The summed E-state index contributed by atoms with van der Waals surface area (Å²) in [5, 5.41) is 87.0. The lowest BCUT2D eigenvalue weighted by molar-refractivity contribution is -0.359. The molecule has 0 aromatic rings. The van der Waals surface area contributed by atoms with Crippen molar-refractivity contribution in [3.63, 3.8) is 0 Å². The van der Waals surface area contributed by atoms with E-state index in [0.717, 1.165) is 77.0 Å². The zero-order valence-electron chi connectivity index (χ0n) is 44.8. The molecule has 0 saturated carbocycles. The Kier molecular flexibility index (Phi) is 40.2. The van der Waals surface area contributed by atoms with E-state index in [1.165, 1.54) is 77.0 Å². The molecule has 9 N–H and O–H groups in total. The number of aliphatic hydroxyl groups excluding tert-OH is 8. The van der Waals surface area contributed by atoms with Gasteiger partial charge in [-0.2, -0.15) is 0 Å². The Balaban J connectivity index is 1.83. The molecule has 0 aliphatic carbocycles. The maximum absolute atomic E-state index is 13.2. The molecular formula is C59H101NO13. The molecule has 14 nitrogen and oxygen atoms in total. The largest absolute Gasteiger partial charge is 0.394 e. The quantitative estimate of drug-likeness (QED) is 0.0206. The van der Waals surface area contributed by atoms with Crippen LogP contribution in [0.2, 0.25) is 0 Å². The molecule has 14 heteroatoms. The molecule has 2 rings (SSSR count). The summed E-state index contributed by atoms with van der Waals surface area (Å²) in [5.74, 6) is -0.271. The van der Waals surface area contributed by atoms with Crippen molar-refractivity contribution in [2.24, 2.45) is 0 Å². The van der Waals surface area contributed by atoms with E-state index < -0.39 is 86.8 Å². The Hall–Kier alpha value is -2.83. The minimum Gasteiger partial charge on any atom is -0.394 e. The molecule has 1 amide bonds. The van der Waals surface area contributed by atoms with Crippen molar-refractivity contribution >= 4 is 5.91 Å². The van der Waals surface area contributed by atoms with Gasteiger partial charge in [0.2, 0.25) is 5.91 Å². The Morgan fingerprint density at radius 3 is 1.51 bits per heavy atom. The van der Waals surface area contributed by atoms with E-state index in [9.17, 15) is 45.6 Å². The number of hydrogen-bond acceptors (Lipinski definition) is 13. The average Bonchev–Trinajstić information content (AvgIpc) is 3.39. The third-order valence-electron chi connectivity index (χ3n) is 13.3. The zero-order chi connectivity index (χ0) is 53.2. The second-order valence-corrected chi connectivity index (χ2v) is 19.7. The van der Waals surface area contributed by atoms with Gasteiger partial charge in [0, 0.05) is 6.42 Å². The summed E-state index contributed by atoms with van der Waals surface area (Å²) in [5.41, 5.74) is 0. The molecule has 2 aliphatic rings. The molecule has 2 saturated heterocycles. The van der Waals surface area contributed by atoms with Gasteiger partial charge in [-0.05, 0) is 77.0 Å². The molecule has 2 aliphatic heterocycles. The van der Waals surface area contributed by atoms with Crippen LogP contribution in [0.5, 0.6) is 0 Å². The number of hydrogen-bond donors (Lipinski definition) is 9. The number of carbonyl (C=O) groups excluding carboxylic acids is 1. The van der Waals surface area contributed by atoms with E-state index in [2.05, 4.69) is 92.1 Å². The lowest BCUT2D eigenvalue weighted by Crippen LogP contribution is -2.65. The lowest BCUT2D eigenvalue weighted by Gasteiger charge is -2.46. The summed E-state index contributed by atoms with van der Waals surface area (Å²) in [7, 11) is 0. The molecule has 0 bridgehead atoms. The van der Waals surface area contributed by atoms with Crippen LogP contribution in [-0.4, -0.2) is 140 Å². The van der Waals surface area contributed by atoms with Crippen LogP contribution in [0.1, 0.15) is 187 Å². The minimum atomic E-state index is -1.80. The van der Waals surface area contributed by atoms with E-state index in [1.807, 2.05) is 6.08 Å². The van der Waals surface area contributed by atoms with Crippen LogP contribution >= 0.6 is 0 Å². The normalized spacial score (nSPS) is 26.1. The van der Waals surface area contributed by atoms with E-state index in [4.69, 9.17) is 18.9 Å². The topological polar surface area (TPSA) is 228 Å². The zero-order valence-corrected chi connectivity index (χ0v) is 44.8. The Labute approximate surface area is 440 Å². The van der Waals surface area contributed by atoms with Gasteiger partial charge in [-0.3, -0.25) is 4.79 Å². The van der Waals surface area contributed by atoms with Gasteiger partial charge in [0.1, 0.15) is 48.8 Å². The predicted molar refractivity (Wildman–Crippen MR) is 290 cm³/mol. The number of allylic oxidation sites excluding steroid dienone is 13. The van der Waals surface area contributed by atoms with Crippen LogP contribution < -0.4 is 5.32 Å². The molecular weight excluding hydrogens is 931 g/mol. The second-order valence-electron chi connectivity index (χ2n) is 19.7. The number of rotatable bonds is 43. The van der Waals surface area contributed by atoms with Crippen LogP contribution in [0.3, 0.4) is 0 Å². The van der Waals surface area contributed by atoms with Crippen molar-refractivity contribution < 1.29 is 64.6 Å². The fourth-order valence-electron chi connectivity index (χ4n) is 8.74. The van der Waals surface area contributed by atoms with E-state index in [0.29, 0.717) is 12.8 Å². The van der Waals surface area contributed by atoms with Crippen molar-refractivity contribution in [3.05, 3.63) is 85.1 Å². The molecule has 0 aromatic carbocycles. The maximum Gasteiger partial charge on any atom is 0.220 e. The number of nitrogens with one attached hydrogen (secondary N) is 1. The Bertz CT molecular complexity index is 1550. The van der Waals surface area contributed by atoms with Crippen molar-refractivity contribution in [1.29, 1.82) is 0 Å². The van der Waals surface area contributed by atoms with Crippen LogP contribution in [0.25, 0.3) is 0 Å². The van der Waals surface area contributed by atoms with Gasteiger partial charge in [0.15, 0.2) is 12.6 Å². The highest BCUT2D eigenvalue weighted by atomic mass is 16.7. The van der Waals surface area contributed by atoms with Crippen molar-refractivity contribution in [2.45, 2.75) is 261 Å². The summed E-state index contributed by atoms with van der Waals surface area (Å²) in [6.45, 7) is 2.64. The second kappa shape index (κ2) is 44.3. The molecule has 73 heavy (non-hydrogen) atoms. The van der Waals surface area contributed by atoms with Gasteiger partial charge in [0.05, 0.1) is 32.0 Å². The van der Waals surface area contributed by atoms with Gasteiger partial charge in [0.25, 0.3) is 0 Å².